The largest absolute Gasteiger partial charge is 0.316 e. The summed E-state index contributed by atoms with van der Waals surface area (Å²) in [4.78, 5) is 5.26. The van der Waals surface area contributed by atoms with Gasteiger partial charge in [0.1, 0.15) is 0 Å². The molecule has 3 nitrogen and oxygen atoms in total. The SMILES string of the molecule is CNCc1ccc(CN2CCN(C3CC3)CC2)cc1. The Bertz CT molecular complexity index is 389. The van der Waals surface area contributed by atoms with Gasteiger partial charge in [-0.15, -0.1) is 0 Å². The van der Waals surface area contributed by atoms with Crippen LogP contribution in [0.25, 0.3) is 0 Å². The van der Waals surface area contributed by atoms with Gasteiger partial charge in [0.15, 0.2) is 0 Å². The van der Waals surface area contributed by atoms with Crippen LogP contribution in [0.5, 0.6) is 0 Å². The van der Waals surface area contributed by atoms with Crippen molar-refractivity contribution in [1.29, 1.82) is 0 Å². The molecule has 0 unspecified atom stereocenters. The van der Waals surface area contributed by atoms with Gasteiger partial charge in [-0.3, -0.25) is 9.80 Å². The van der Waals surface area contributed by atoms with Crippen LogP contribution < -0.4 is 5.32 Å². The van der Waals surface area contributed by atoms with Crippen LogP contribution in [-0.4, -0.2) is 49.1 Å². The molecule has 0 atom stereocenters. The molecule has 1 aliphatic carbocycles. The van der Waals surface area contributed by atoms with E-state index in [1.54, 1.807) is 0 Å². The lowest BCUT2D eigenvalue weighted by atomic mass is 10.1. The second-order valence-electron chi connectivity index (χ2n) is 5.89. The third-order valence-electron chi connectivity index (χ3n) is 4.28. The van der Waals surface area contributed by atoms with Gasteiger partial charge in [-0.25, -0.2) is 0 Å². The lowest BCUT2D eigenvalue weighted by Crippen LogP contribution is -2.46. The Morgan fingerprint density at radius 2 is 1.63 bits per heavy atom. The van der Waals surface area contributed by atoms with E-state index in [1.165, 1.54) is 50.1 Å². The van der Waals surface area contributed by atoms with E-state index in [0.717, 1.165) is 19.1 Å². The van der Waals surface area contributed by atoms with Gasteiger partial charge in [0.05, 0.1) is 0 Å². The van der Waals surface area contributed by atoms with Gasteiger partial charge in [-0.2, -0.15) is 0 Å². The van der Waals surface area contributed by atoms with Gasteiger partial charge in [-0.1, -0.05) is 24.3 Å². The lowest BCUT2D eigenvalue weighted by molar-refractivity contribution is 0.121. The van der Waals surface area contributed by atoms with Crippen molar-refractivity contribution in [3.05, 3.63) is 35.4 Å². The molecule has 3 rings (SSSR count). The molecule has 2 aliphatic rings. The highest BCUT2D eigenvalue weighted by atomic mass is 15.3. The summed E-state index contributed by atoms with van der Waals surface area (Å²) in [5, 5.41) is 3.19. The summed E-state index contributed by atoms with van der Waals surface area (Å²) < 4.78 is 0. The second-order valence-corrected chi connectivity index (χ2v) is 5.89. The fourth-order valence-electron chi connectivity index (χ4n) is 2.95. The average molecular weight is 259 g/mol. The molecule has 1 saturated heterocycles. The Morgan fingerprint density at radius 1 is 1.00 bits per heavy atom. The first kappa shape index (κ1) is 13.1. The van der Waals surface area contributed by atoms with Gasteiger partial charge in [0.25, 0.3) is 0 Å². The number of benzene rings is 1. The molecule has 0 spiro atoms. The van der Waals surface area contributed by atoms with Crippen molar-refractivity contribution in [2.45, 2.75) is 32.0 Å². The molecule has 1 N–H and O–H groups in total. The summed E-state index contributed by atoms with van der Waals surface area (Å²) in [6, 6.07) is 9.97. The number of nitrogens with zero attached hydrogens (tertiary/aromatic N) is 2. The normalized spacial score (nSPS) is 21.7. The van der Waals surface area contributed by atoms with Crippen molar-refractivity contribution >= 4 is 0 Å². The maximum absolute atomic E-state index is 3.19. The molecule has 0 aromatic heterocycles. The number of hydrogen-bond donors (Lipinski definition) is 1. The highest BCUT2D eigenvalue weighted by molar-refractivity contribution is 5.22. The first-order valence-corrected chi connectivity index (χ1v) is 7.54. The zero-order chi connectivity index (χ0) is 13.1. The smallest absolute Gasteiger partial charge is 0.0234 e. The van der Waals surface area contributed by atoms with Crippen molar-refractivity contribution in [3.8, 4) is 0 Å². The standard InChI is InChI=1S/C16H25N3/c1-17-12-14-2-4-15(5-3-14)13-18-8-10-19(11-9-18)16-6-7-16/h2-5,16-17H,6-13H2,1H3. The Balaban J connectivity index is 1.48. The Morgan fingerprint density at radius 3 is 2.21 bits per heavy atom. The highest BCUT2D eigenvalue weighted by Gasteiger charge is 2.30. The van der Waals surface area contributed by atoms with Crippen molar-refractivity contribution in [2.24, 2.45) is 0 Å². The summed E-state index contributed by atoms with van der Waals surface area (Å²) in [7, 11) is 1.99. The number of rotatable bonds is 5. The molecule has 1 saturated carbocycles. The van der Waals surface area contributed by atoms with Gasteiger partial charge >= 0.3 is 0 Å². The first-order chi connectivity index (χ1) is 9.35. The molecule has 0 radical (unpaired) electrons. The molecule has 0 bridgehead atoms. The van der Waals surface area contributed by atoms with Crippen LogP contribution in [-0.2, 0) is 13.1 Å². The maximum atomic E-state index is 3.19. The summed E-state index contributed by atoms with van der Waals surface area (Å²) in [6.07, 6.45) is 2.87. The molecule has 104 valence electrons. The zero-order valence-electron chi connectivity index (χ0n) is 11.9. The van der Waals surface area contributed by atoms with E-state index in [1.807, 2.05) is 7.05 Å². The third-order valence-corrected chi connectivity index (χ3v) is 4.28. The molecule has 2 fully saturated rings. The minimum Gasteiger partial charge on any atom is -0.316 e. The monoisotopic (exact) mass is 259 g/mol. The summed E-state index contributed by atoms with van der Waals surface area (Å²) in [6.45, 7) is 7.06. The van der Waals surface area contributed by atoms with E-state index in [4.69, 9.17) is 0 Å². The van der Waals surface area contributed by atoms with Gasteiger partial charge in [0, 0.05) is 45.3 Å². The Labute approximate surface area is 116 Å². The molecule has 19 heavy (non-hydrogen) atoms. The third kappa shape index (κ3) is 3.56. The fraction of sp³-hybridized carbons (Fsp3) is 0.625. The van der Waals surface area contributed by atoms with Gasteiger partial charge in [-0.05, 0) is 31.0 Å². The molecule has 1 aliphatic heterocycles. The van der Waals surface area contributed by atoms with E-state index in [9.17, 15) is 0 Å². The lowest BCUT2D eigenvalue weighted by Gasteiger charge is -2.34. The number of piperazine rings is 1. The van der Waals surface area contributed by atoms with Crippen LogP contribution in [0.15, 0.2) is 24.3 Å². The molecular formula is C16H25N3. The van der Waals surface area contributed by atoms with E-state index in [0.29, 0.717) is 0 Å². The van der Waals surface area contributed by atoms with Gasteiger partial charge < -0.3 is 5.32 Å². The van der Waals surface area contributed by atoms with E-state index < -0.39 is 0 Å². The summed E-state index contributed by atoms with van der Waals surface area (Å²) in [5.74, 6) is 0. The molecule has 1 aromatic rings. The maximum Gasteiger partial charge on any atom is 0.0234 e. The Hall–Kier alpha value is -0.900. The summed E-state index contributed by atoms with van der Waals surface area (Å²) >= 11 is 0. The fourth-order valence-corrected chi connectivity index (χ4v) is 2.95. The summed E-state index contributed by atoms with van der Waals surface area (Å²) in [5.41, 5.74) is 2.81. The average Bonchev–Trinajstić information content (AvgIpc) is 3.27. The molecule has 3 heteroatoms. The number of hydrogen-bond acceptors (Lipinski definition) is 3. The topological polar surface area (TPSA) is 18.5 Å². The van der Waals surface area contributed by atoms with Crippen LogP contribution in [0.3, 0.4) is 0 Å². The molecule has 1 heterocycles. The van der Waals surface area contributed by atoms with Crippen LogP contribution >= 0.6 is 0 Å². The van der Waals surface area contributed by atoms with Crippen LogP contribution in [0, 0.1) is 0 Å². The van der Waals surface area contributed by atoms with Crippen molar-refractivity contribution in [1.82, 2.24) is 15.1 Å². The van der Waals surface area contributed by atoms with E-state index >= 15 is 0 Å². The van der Waals surface area contributed by atoms with Crippen LogP contribution in [0.2, 0.25) is 0 Å². The highest BCUT2D eigenvalue weighted by Crippen LogP contribution is 2.27. The predicted molar refractivity (Wildman–Crippen MR) is 79.1 cm³/mol. The van der Waals surface area contributed by atoms with E-state index in [2.05, 4.69) is 39.4 Å². The van der Waals surface area contributed by atoms with Gasteiger partial charge in [0.2, 0.25) is 0 Å². The van der Waals surface area contributed by atoms with E-state index in [-0.39, 0.29) is 0 Å². The quantitative estimate of drug-likeness (QED) is 0.868. The molecule has 0 amide bonds. The van der Waals surface area contributed by atoms with Crippen molar-refractivity contribution in [2.75, 3.05) is 33.2 Å². The predicted octanol–water partition coefficient (Wildman–Crippen LogP) is 1.69. The molecular weight excluding hydrogens is 234 g/mol. The minimum absolute atomic E-state index is 0.933. The van der Waals surface area contributed by atoms with Crippen molar-refractivity contribution < 1.29 is 0 Å². The second kappa shape index (κ2) is 6.04. The van der Waals surface area contributed by atoms with Crippen LogP contribution in [0.4, 0.5) is 0 Å². The Kier molecular flexibility index (Phi) is 4.16. The van der Waals surface area contributed by atoms with Crippen LogP contribution in [0.1, 0.15) is 24.0 Å². The molecule has 1 aromatic carbocycles. The number of nitrogens with one attached hydrogen (secondary N) is 1. The zero-order valence-corrected chi connectivity index (χ0v) is 11.9. The minimum atomic E-state index is 0.933. The first-order valence-electron chi connectivity index (χ1n) is 7.54. The van der Waals surface area contributed by atoms with Crippen molar-refractivity contribution in [3.63, 3.8) is 0 Å².